The predicted molar refractivity (Wildman–Crippen MR) is 260 cm³/mol. The molecule has 0 aromatic heterocycles. The number of anilines is 1. The maximum absolute atomic E-state index is 16.3. The van der Waals surface area contributed by atoms with Crippen molar-refractivity contribution in [1.82, 2.24) is 14.7 Å². The SMILES string of the molecule is COc1cc2c(cc1OC)CN(C(=O)[C@H]1[C@@H]3C(=O)O[C@@H](c4ccccc4)[C@@H](c4ccccc4)N3[C@@H](c3ccccc3OCCO)[C@]13C(=O)Nc1ccc(C#CCN(C)Cc4ccccc4)cc13)CC2. The van der Waals surface area contributed by atoms with Crippen LogP contribution >= 0.6 is 0 Å². The van der Waals surface area contributed by atoms with E-state index in [1.54, 1.807) is 19.1 Å². The fourth-order valence-corrected chi connectivity index (χ4v) is 11.1. The van der Waals surface area contributed by atoms with E-state index in [2.05, 4.69) is 39.1 Å². The van der Waals surface area contributed by atoms with E-state index in [4.69, 9.17) is 18.9 Å². The molecule has 6 aromatic carbocycles. The number of para-hydroxylation sites is 1. The van der Waals surface area contributed by atoms with Crippen LogP contribution in [0.25, 0.3) is 0 Å². The molecule has 350 valence electrons. The normalized spacial score (nSPS) is 22.4. The van der Waals surface area contributed by atoms with Gasteiger partial charge in [0.25, 0.3) is 0 Å². The van der Waals surface area contributed by atoms with Crippen LogP contribution in [0, 0.1) is 17.8 Å². The van der Waals surface area contributed by atoms with Crippen LogP contribution in [0.1, 0.15) is 62.7 Å². The Morgan fingerprint density at radius 2 is 1.48 bits per heavy atom. The number of aliphatic hydroxyl groups excluding tert-OH is 1. The molecule has 0 radical (unpaired) electrons. The van der Waals surface area contributed by atoms with Gasteiger partial charge in [-0.1, -0.05) is 121 Å². The van der Waals surface area contributed by atoms with Gasteiger partial charge in [-0.05, 0) is 83.2 Å². The van der Waals surface area contributed by atoms with Crippen molar-refractivity contribution in [2.75, 3.05) is 52.9 Å². The van der Waals surface area contributed by atoms with Crippen molar-refractivity contribution in [2.24, 2.45) is 5.92 Å². The smallest absolute Gasteiger partial charge is 0.324 e. The van der Waals surface area contributed by atoms with E-state index < -0.39 is 47.4 Å². The maximum Gasteiger partial charge on any atom is 0.324 e. The molecule has 0 aliphatic carbocycles. The van der Waals surface area contributed by atoms with Gasteiger partial charge >= 0.3 is 5.97 Å². The fraction of sp³-hybridized carbons (Fsp3) is 0.281. The summed E-state index contributed by atoms with van der Waals surface area (Å²) in [5, 5.41) is 13.3. The number of rotatable bonds is 12. The van der Waals surface area contributed by atoms with Crippen molar-refractivity contribution < 1.29 is 38.4 Å². The van der Waals surface area contributed by atoms with Crippen LogP contribution in [-0.4, -0.2) is 91.2 Å². The molecule has 2 N–H and O–H groups in total. The van der Waals surface area contributed by atoms with Gasteiger partial charge in [-0.2, -0.15) is 0 Å². The summed E-state index contributed by atoms with van der Waals surface area (Å²) >= 11 is 0. The number of fused-ring (bicyclic) bond motifs is 4. The Kier molecular flexibility index (Phi) is 12.7. The maximum atomic E-state index is 16.3. The van der Waals surface area contributed by atoms with Gasteiger partial charge in [-0.15, -0.1) is 0 Å². The van der Waals surface area contributed by atoms with Gasteiger partial charge in [0.05, 0.1) is 45.4 Å². The van der Waals surface area contributed by atoms with Gasteiger partial charge in [0.15, 0.2) is 11.5 Å². The van der Waals surface area contributed by atoms with Crippen LogP contribution in [0.3, 0.4) is 0 Å². The molecule has 4 aliphatic rings. The topological polar surface area (TPSA) is 130 Å². The molecule has 6 aromatic rings. The van der Waals surface area contributed by atoms with Crippen molar-refractivity contribution in [2.45, 2.75) is 49.2 Å². The first-order valence-corrected chi connectivity index (χ1v) is 23.4. The third-order valence-electron chi connectivity index (χ3n) is 14.0. The molecule has 69 heavy (non-hydrogen) atoms. The Labute approximate surface area is 402 Å². The van der Waals surface area contributed by atoms with Crippen LogP contribution in [-0.2, 0) is 44.0 Å². The standard InChI is InChI=1S/C57H54N4O8/c1-59(35-38-16-7-4-8-17-38)28-15-18-37-25-26-45-44(32-37)57(56(65)58-45)49(54(63)60-29-27-41-33-47(66-2)48(67-3)34-42(41)36-60)51-55(64)69-52(40-21-11-6-12-22-40)50(39-19-9-5-10-20-39)61(51)53(57)43-23-13-14-24-46(43)68-31-30-62/h4-14,16-17,19-26,32-34,49-53,62H,27-31,35-36H2,1-3H3,(H,58,65)/t49-,50-,51-,52+,53+,57-/m1/s1. The average molecular weight is 923 g/mol. The number of benzene rings is 6. The Bertz CT molecular complexity index is 2940. The molecule has 4 heterocycles. The molecule has 0 bridgehead atoms. The number of amides is 2. The molecule has 2 saturated heterocycles. The highest BCUT2D eigenvalue weighted by atomic mass is 16.6. The number of nitrogens with one attached hydrogen (secondary N) is 1. The number of esters is 1. The van der Waals surface area contributed by atoms with Crippen molar-refractivity contribution in [3.63, 3.8) is 0 Å². The zero-order valence-corrected chi connectivity index (χ0v) is 38.8. The third-order valence-corrected chi connectivity index (χ3v) is 14.0. The Morgan fingerprint density at radius 1 is 0.812 bits per heavy atom. The number of hydrogen-bond donors (Lipinski definition) is 2. The number of carbonyl (C=O) groups excluding carboxylic acids is 3. The van der Waals surface area contributed by atoms with E-state index in [-0.39, 0.29) is 25.7 Å². The van der Waals surface area contributed by atoms with Gasteiger partial charge in [-0.25, -0.2) is 0 Å². The van der Waals surface area contributed by atoms with Gasteiger partial charge in [0.1, 0.15) is 29.9 Å². The van der Waals surface area contributed by atoms with Gasteiger partial charge in [0, 0.05) is 36.4 Å². The quantitative estimate of drug-likeness (QED) is 0.0946. The summed E-state index contributed by atoms with van der Waals surface area (Å²) in [7, 11) is 5.19. The van der Waals surface area contributed by atoms with Gasteiger partial charge < -0.3 is 34.3 Å². The Hall–Kier alpha value is -7.43. The summed E-state index contributed by atoms with van der Waals surface area (Å²) in [5.41, 5.74) is 5.19. The number of morpholine rings is 1. The minimum absolute atomic E-state index is 0.0258. The first-order chi connectivity index (χ1) is 33.7. The van der Waals surface area contributed by atoms with Gasteiger partial charge in [-0.3, -0.25) is 24.2 Å². The monoisotopic (exact) mass is 922 g/mol. The molecular weight excluding hydrogens is 869 g/mol. The summed E-state index contributed by atoms with van der Waals surface area (Å²) < 4.78 is 24.4. The van der Waals surface area contributed by atoms with Crippen LogP contribution in [0.5, 0.6) is 17.2 Å². The summed E-state index contributed by atoms with van der Waals surface area (Å²) in [6.45, 7) is 1.43. The fourth-order valence-electron chi connectivity index (χ4n) is 11.1. The highest BCUT2D eigenvalue weighted by Crippen LogP contribution is 2.66. The molecule has 2 fully saturated rings. The van der Waals surface area contributed by atoms with Crippen molar-refractivity contribution >= 4 is 23.5 Å². The largest absolute Gasteiger partial charge is 0.493 e. The number of carbonyl (C=O) groups is 3. The zero-order valence-electron chi connectivity index (χ0n) is 38.8. The number of nitrogens with zero attached hydrogens (tertiary/aromatic N) is 3. The molecule has 4 aliphatic heterocycles. The Morgan fingerprint density at radius 3 is 2.19 bits per heavy atom. The van der Waals surface area contributed by atoms with Crippen LogP contribution in [0.4, 0.5) is 5.69 Å². The minimum Gasteiger partial charge on any atom is -0.493 e. The minimum atomic E-state index is -1.76. The lowest BCUT2D eigenvalue weighted by Gasteiger charge is -2.46. The van der Waals surface area contributed by atoms with E-state index in [1.807, 2.05) is 141 Å². The van der Waals surface area contributed by atoms with E-state index in [9.17, 15) is 5.11 Å². The molecular formula is C57H54N4O8. The lowest BCUT2D eigenvalue weighted by atomic mass is 9.64. The lowest BCUT2D eigenvalue weighted by molar-refractivity contribution is -0.179. The van der Waals surface area contributed by atoms with Gasteiger partial charge in [0.2, 0.25) is 11.8 Å². The van der Waals surface area contributed by atoms with E-state index in [0.29, 0.717) is 65.7 Å². The molecule has 0 unspecified atom stereocenters. The third kappa shape index (κ3) is 8.16. The first-order valence-electron chi connectivity index (χ1n) is 23.4. The molecule has 12 heteroatoms. The second-order valence-corrected chi connectivity index (χ2v) is 18.0. The molecule has 10 rings (SSSR count). The summed E-state index contributed by atoms with van der Waals surface area (Å²) in [6, 6.07) is 43.6. The highest BCUT2D eigenvalue weighted by molar-refractivity contribution is 6.12. The second kappa shape index (κ2) is 19.3. The number of aliphatic hydroxyl groups is 1. The molecule has 2 amide bonds. The highest BCUT2D eigenvalue weighted by Gasteiger charge is 2.74. The van der Waals surface area contributed by atoms with E-state index >= 15 is 14.4 Å². The number of cyclic esters (lactones) is 1. The van der Waals surface area contributed by atoms with Crippen LogP contribution < -0.4 is 19.5 Å². The van der Waals surface area contributed by atoms with E-state index in [1.165, 1.54) is 5.56 Å². The molecule has 12 nitrogen and oxygen atoms in total. The van der Waals surface area contributed by atoms with Crippen LogP contribution in [0.15, 0.2) is 146 Å². The summed E-state index contributed by atoms with van der Waals surface area (Å²) in [4.78, 5) is 53.7. The number of ether oxygens (including phenoxy) is 4. The van der Waals surface area contributed by atoms with Crippen molar-refractivity contribution in [3.05, 3.63) is 190 Å². The summed E-state index contributed by atoms with van der Waals surface area (Å²) in [6.07, 6.45) is -0.333. The molecule has 6 atom stereocenters. The lowest BCUT2D eigenvalue weighted by Crippen LogP contribution is -2.56. The van der Waals surface area contributed by atoms with Crippen molar-refractivity contribution in [3.8, 4) is 29.1 Å². The van der Waals surface area contributed by atoms with E-state index in [0.717, 1.165) is 22.3 Å². The van der Waals surface area contributed by atoms with Crippen LogP contribution in [0.2, 0.25) is 0 Å². The zero-order chi connectivity index (χ0) is 47.6. The molecule has 0 saturated carbocycles. The second-order valence-electron chi connectivity index (χ2n) is 18.0. The first kappa shape index (κ1) is 45.4. The molecule has 1 spiro atoms. The van der Waals surface area contributed by atoms with Crippen molar-refractivity contribution in [1.29, 1.82) is 0 Å². The number of methoxy groups -OCH3 is 2. The predicted octanol–water partition coefficient (Wildman–Crippen LogP) is 7.41. The number of hydrogen-bond acceptors (Lipinski definition) is 10. The average Bonchev–Trinajstić information content (AvgIpc) is 3.86. The summed E-state index contributed by atoms with van der Waals surface area (Å²) in [5.74, 6) is 5.53. The Balaban J connectivity index is 1.19.